The number of hydrogen-bond donors (Lipinski definition) is 2. The number of rotatable bonds is 1. The van der Waals surface area contributed by atoms with Crippen LogP contribution in [0.3, 0.4) is 0 Å². The second-order valence-corrected chi connectivity index (χ2v) is 3.59. The van der Waals surface area contributed by atoms with Crippen LogP contribution < -0.4 is 10.1 Å². The lowest BCUT2D eigenvalue weighted by Crippen LogP contribution is -2.29. The van der Waals surface area contributed by atoms with E-state index >= 15 is 0 Å². The molecule has 15 heavy (non-hydrogen) atoms. The molecule has 1 atom stereocenters. The van der Waals surface area contributed by atoms with E-state index in [1.807, 2.05) is 0 Å². The molecule has 0 aromatic heterocycles. The highest BCUT2D eigenvalue weighted by molar-refractivity contribution is 5.96. The van der Waals surface area contributed by atoms with Crippen LogP contribution in [0.4, 0.5) is 0 Å². The smallest absolute Gasteiger partial charge is 0.251 e. The summed E-state index contributed by atoms with van der Waals surface area (Å²) in [5, 5.41) is 12.2. The largest absolute Gasteiger partial charge is 0.497 e. The van der Waals surface area contributed by atoms with Gasteiger partial charge in [-0.3, -0.25) is 4.79 Å². The Balaban J connectivity index is 2.43. The zero-order chi connectivity index (χ0) is 10.8. The van der Waals surface area contributed by atoms with Gasteiger partial charge in [-0.25, -0.2) is 0 Å². The van der Waals surface area contributed by atoms with Crippen LogP contribution in [0.2, 0.25) is 0 Å². The van der Waals surface area contributed by atoms with Gasteiger partial charge in [0, 0.05) is 18.5 Å². The first kappa shape index (κ1) is 9.98. The number of aliphatic hydroxyl groups excluding tert-OH is 1. The highest BCUT2D eigenvalue weighted by atomic mass is 16.5. The predicted octanol–water partition coefficient (Wildman–Crippen LogP) is 0.342. The molecule has 0 spiro atoms. The first-order valence-electron chi connectivity index (χ1n) is 4.84. The number of hydrogen-bond acceptors (Lipinski definition) is 3. The maximum Gasteiger partial charge on any atom is 0.251 e. The van der Waals surface area contributed by atoms with Gasteiger partial charge < -0.3 is 15.2 Å². The third kappa shape index (κ3) is 1.94. The summed E-state index contributed by atoms with van der Waals surface area (Å²) in [5.41, 5.74) is 1.45. The zero-order valence-electron chi connectivity index (χ0n) is 8.49. The van der Waals surface area contributed by atoms with Gasteiger partial charge in [-0.05, 0) is 23.8 Å². The monoisotopic (exact) mass is 207 g/mol. The molecule has 2 rings (SSSR count). The maximum absolute atomic E-state index is 11.6. The summed E-state index contributed by atoms with van der Waals surface area (Å²) in [7, 11) is 1.58. The van der Waals surface area contributed by atoms with Crippen LogP contribution in [0.1, 0.15) is 15.9 Å². The summed E-state index contributed by atoms with van der Waals surface area (Å²) in [5.74, 6) is 0.569. The average Bonchev–Trinajstić information content (AvgIpc) is 2.38. The lowest BCUT2D eigenvalue weighted by molar-refractivity contribution is 0.0931. The fourth-order valence-corrected chi connectivity index (χ4v) is 1.72. The van der Waals surface area contributed by atoms with Crippen LogP contribution in [0.5, 0.6) is 5.75 Å². The van der Waals surface area contributed by atoms with E-state index in [1.54, 1.807) is 25.3 Å². The third-order valence-corrected chi connectivity index (χ3v) is 2.51. The van der Waals surface area contributed by atoms with Gasteiger partial charge >= 0.3 is 0 Å². The average molecular weight is 207 g/mol. The molecule has 0 saturated heterocycles. The molecule has 4 heteroatoms. The number of benzene rings is 1. The quantitative estimate of drug-likeness (QED) is 0.698. The number of ether oxygens (including phenoxy) is 1. The molecule has 0 aliphatic carbocycles. The van der Waals surface area contributed by atoms with Crippen molar-refractivity contribution in [1.82, 2.24) is 5.32 Å². The summed E-state index contributed by atoms with van der Waals surface area (Å²) in [6.07, 6.45) is -0.0482. The van der Waals surface area contributed by atoms with Crippen molar-refractivity contribution in [2.24, 2.45) is 0 Å². The lowest BCUT2D eigenvalue weighted by Gasteiger charge is -2.07. The molecule has 1 aromatic carbocycles. The minimum Gasteiger partial charge on any atom is -0.497 e. The molecule has 1 amide bonds. The van der Waals surface area contributed by atoms with Gasteiger partial charge in [0.05, 0.1) is 13.2 Å². The van der Waals surface area contributed by atoms with Gasteiger partial charge in [-0.2, -0.15) is 0 Å². The molecular formula is C11H13NO3. The summed E-state index contributed by atoms with van der Waals surface area (Å²) >= 11 is 0. The van der Waals surface area contributed by atoms with Crippen molar-refractivity contribution in [2.45, 2.75) is 12.5 Å². The lowest BCUT2D eigenvalue weighted by atomic mass is 10.0. The van der Waals surface area contributed by atoms with E-state index in [4.69, 9.17) is 4.74 Å². The molecule has 2 N–H and O–H groups in total. The molecule has 1 aliphatic heterocycles. The molecule has 1 unspecified atom stereocenters. The number of fused-ring (bicyclic) bond motifs is 1. The first-order valence-corrected chi connectivity index (χ1v) is 4.84. The van der Waals surface area contributed by atoms with Gasteiger partial charge in [0.2, 0.25) is 0 Å². The number of carbonyl (C=O) groups is 1. The molecule has 1 aromatic rings. The van der Waals surface area contributed by atoms with Crippen LogP contribution in [0.15, 0.2) is 18.2 Å². The number of carbonyl (C=O) groups excluding carboxylic acids is 1. The fraction of sp³-hybridized carbons (Fsp3) is 0.364. The number of β-amino-alcohol motifs (C(OH)–C–C–N with tert-alkyl or cyclic N) is 1. The molecular weight excluding hydrogens is 194 g/mol. The summed E-state index contributed by atoms with van der Waals surface area (Å²) in [4.78, 5) is 11.6. The number of methoxy groups -OCH3 is 1. The van der Waals surface area contributed by atoms with Crippen LogP contribution in [-0.4, -0.2) is 30.8 Å². The molecule has 0 radical (unpaired) electrons. The molecule has 0 fully saturated rings. The second-order valence-electron chi connectivity index (χ2n) is 3.59. The number of amides is 1. The highest BCUT2D eigenvalue weighted by Gasteiger charge is 2.20. The molecule has 1 heterocycles. The first-order chi connectivity index (χ1) is 7.20. The van der Waals surface area contributed by atoms with Crippen molar-refractivity contribution in [1.29, 1.82) is 0 Å². The molecule has 0 saturated carbocycles. The van der Waals surface area contributed by atoms with E-state index in [1.165, 1.54) is 0 Å². The normalized spacial score (nSPS) is 20.1. The van der Waals surface area contributed by atoms with Gasteiger partial charge in [-0.1, -0.05) is 0 Å². The minimum absolute atomic E-state index is 0.135. The van der Waals surface area contributed by atoms with Gasteiger partial charge in [0.1, 0.15) is 5.75 Å². The van der Waals surface area contributed by atoms with Crippen molar-refractivity contribution in [2.75, 3.05) is 13.7 Å². The maximum atomic E-state index is 11.6. The Hall–Kier alpha value is -1.55. The SMILES string of the molecule is COc1ccc2c(c1)CC(O)CNC2=O. The number of aliphatic hydroxyl groups is 1. The Labute approximate surface area is 87.9 Å². The Morgan fingerprint density at radius 2 is 2.33 bits per heavy atom. The van der Waals surface area contributed by atoms with Gasteiger partial charge in [-0.15, -0.1) is 0 Å². The van der Waals surface area contributed by atoms with E-state index in [9.17, 15) is 9.90 Å². The minimum atomic E-state index is -0.526. The van der Waals surface area contributed by atoms with Crippen molar-refractivity contribution < 1.29 is 14.6 Å². The van der Waals surface area contributed by atoms with Crippen LogP contribution in [0, 0.1) is 0 Å². The van der Waals surface area contributed by atoms with Crippen LogP contribution >= 0.6 is 0 Å². The Kier molecular flexibility index (Phi) is 2.60. The van der Waals surface area contributed by atoms with Gasteiger partial charge in [0.15, 0.2) is 0 Å². The summed E-state index contributed by atoms with van der Waals surface area (Å²) < 4.78 is 5.08. The van der Waals surface area contributed by atoms with Gasteiger partial charge in [0.25, 0.3) is 5.91 Å². The van der Waals surface area contributed by atoms with E-state index in [0.29, 0.717) is 24.3 Å². The molecule has 1 aliphatic rings. The summed E-state index contributed by atoms with van der Waals surface area (Å²) in [6, 6.07) is 5.26. The molecule has 4 nitrogen and oxygen atoms in total. The fourth-order valence-electron chi connectivity index (χ4n) is 1.72. The topological polar surface area (TPSA) is 58.6 Å². The Morgan fingerprint density at radius 1 is 1.53 bits per heavy atom. The zero-order valence-corrected chi connectivity index (χ0v) is 8.49. The predicted molar refractivity (Wildman–Crippen MR) is 55.0 cm³/mol. The van der Waals surface area contributed by atoms with Crippen LogP contribution in [0.25, 0.3) is 0 Å². The van der Waals surface area contributed by atoms with E-state index in [0.717, 1.165) is 5.56 Å². The van der Waals surface area contributed by atoms with Crippen molar-refractivity contribution in [3.05, 3.63) is 29.3 Å². The number of nitrogens with one attached hydrogen (secondary N) is 1. The molecule has 80 valence electrons. The highest BCUT2D eigenvalue weighted by Crippen LogP contribution is 2.20. The third-order valence-electron chi connectivity index (χ3n) is 2.51. The molecule has 0 bridgehead atoms. The van der Waals surface area contributed by atoms with Crippen molar-refractivity contribution in [3.8, 4) is 5.75 Å². The van der Waals surface area contributed by atoms with E-state index < -0.39 is 6.10 Å². The second kappa shape index (κ2) is 3.90. The van der Waals surface area contributed by atoms with E-state index in [-0.39, 0.29) is 5.91 Å². The van der Waals surface area contributed by atoms with Crippen LogP contribution in [-0.2, 0) is 6.42 Å². The van der Waals surface area contributed by atoms with Crippen molar-refractivity contribution >= 4 is 5.91 Å². The van der Waals surface area contributed by atoms with E-state index in [2.05, 4.69) is 5.32 Å². The Bertz CT molecular complexity index is 389. The standard InChI is InChI=1S/C11H13NO3/c1-15-9-2-3-10-7(5-9)4-8(13)6-12-11(10)14/h2-3,5,8,13H,4,6H2,1H3,(H,12,14). The van der Waals surface area contributed by atoms with Crippen molar-refractivity contribution in [3.63, 3.8) is 0 Å². The summed E-state index contributed by atoms with van der Waals surface area (Å²) in [6.45, 7) is 0.301. The Morgan fingerprint density at radius 3 is 3.07 bits per heavy atom.